The number of unbranched alkanes of at least 4 members (excludes halogenated alkanes) is 22. The van der Waals surface area contributed by atoms with E-state index in [1.54, 1.807) is 6.08 Å². The summed E-state index contributed by atoms with van der Waals surface area (Å²) < 4.78 is 11.2. The number of aliphatic hydroxyl groups is 5. The lowest BCUT2D eigenvalue weighted by Gasteiger charge is -2.40. The summed E-state index contributed by atoms with van der Waals surface area (Å²) in [6, 6.07) is -0.820. The fraction of sp³-hybridized carbons (Fsp3) is 0.812. The van der Waals surface area contributed by atoms with E-state index in [-0.39, 0.29) is 12.5 Å². The third-order valence-corrected chi connectivity index (χ3v) is 10.9. The van der Waals surface area contributed by atoms with Crippen molar-refractivity contribution in [2.24, 2.45) is 0 Å². The molecule has 0 spiro atoms. The Bertz CT molecular complexity index is 1030. The van der Waals surface area contributed by atoms with Gasteiger partial charge in [0.25, 0.3) is 0 Å². The molecule has 0 radical (unpaired) electrons. The molecule has 1 aliphatic rings. The lowest BCUT2D eigenvalue weighted by molar-refractivity contribution is -0.302. The smallest absolute Gasteiger partial charge is 0.220 e. The van der Waals surface area contributed by atoms with Crippen molar-refractivity contribution in [2.75, 3.05) is 13.2 Å². The summed E-state index contributed by atoms with van der Waals surface area (Å²) in [5.41, 5.74) is 0. The number of allylic oxidation sites excluding steroid dienone is 7. The third kappa shape index (κ3) is 29.1. The van der Waals surface area contributed by atoms with Gasteiger partial charge in [-0.05, 0) is 64.2 Å². The van der Waals surface area contributed by atoms with Gasteiger partial charge in [-0.1, -0.05) is 172 Å². The molecular formula is C48H87NO8. The minimum absolute atomic E-state index is 0.192. The first-order chi connectivity index (χ1) is 27.8. The molecule has 1 fully saturated rings. The molecule has 1 rings (SSSR count). The summed E-state index contributed by atoms with van der Waals surface area (Å²) in [6.07, 6.45) is 41.8. The molecule has 9 heteroatoms. The lowest BCUT2D eigenvalue weighted by atomic mass is 9.99. The molecule has 0 aromatic heterocycles. The van der Waals surface area contributed by atoms with Crippen LogP contribution in [-0.4, -0.2) is 87.5 Å². The molecule has 332 valence electrons. The molecule has 0 aromatic rings. The quantitative estimate of drug-likeness (QED) is 0.0267. The minimum Gasteiger partial charge on any atom is -0.394 e. The Hall–Kier alpha value is -1.85. The highest BCUT2D eigenvalue weighted by Crippen LogP contribution is 2.22. The second kappa shape index (κ2) is 38.4. The van der Waals surface area contributed by atoms with Crippen LogP contribution in [0.5, 0.6) is 0 Å². The van der Waals surface area contributed by atoms with Crippen molar-refractivity contribution >= 4 is 5.91 Å². The third-order valence-electron chi connectivity index (χ3n) is 10.9. The van der Waals surface area contributed by atoms with Gasteiger partial charge in [0.1, 0.15) is 24.4 Å². The molecule has 9 nitrogen and oxygen atoms in total. The number of carbonyl (C=O) groups is 1. The number of ether oxygens (including phenoxy) is 2. The molecule has 7 unspecified atom stereocenters. The number of aliphatic hydroxyl groups excluding tert-OH is 5. The van der Waals surface area contributed by atoms with Crippen molar-refractivity contribution in [1.29, 1.82) is 0 Å². The lowest BCUT2D eigenvalue weighted by Crippen LogP contribution is -2.60. The number of nitrogens with one attached hydrogen (secondary N) is 1. The maximum atomic E-state index is 12.9. The maximum absolute atomic E-state index is 12.9. The van der Waals surface area contributed by atoms with Crippen LogP contribution in [0, 0.1) is 0 Å². The molecule has 57 heavy (non-hydrogen) atoms. The first-order valence-corrected chi connectivity index (χ1v) is 23.4. The van der Waals surface area contributed by atoms with Gasteiger partial charge in [-0.25, -0.2) is 0 Å². The summed E-state index contributed by atoms with van der Waals surface area (Å²) in [7, 11) is 0. The molecule has 0 aliphatic carbocycles. The second-order valence-electron chi connectivity index (χ2n) is 16.2. The monoisotopic (exact) mass is 806 g/mol. The van der Waals surface area contributed by atoms with Gasteiger partial charge in [-0.15, -0.1) is 0 Å². The molecule has 0 bridgehead atoms. The zero-order valence-corrected chi connectivity index (χ0v) is 36.3. The molecule has 1 saturated heterocycles. The van der Waals surface area contributed by atoms with E-state index in [9.17, 15) is 30.3 Å². The second-order valence-corrected chi connectivity index (χ2v) is 16.2. The molecular weight excluding hydrogens is 719 g/mol. The van der Waals surface area contributed by atoms with Gasteiger partial charge in [0.05, 0.1) is 25.4 Å². The fourth-order valence-electron chi connectivity index (χ4n) is 7.08. The van der Waals surface area contributed by atoms with E-state index in [0.717, 1.165) is 44.9 Å². The Morgan fingerprint density at radius 2 is 1.05 bits per heavy atom. The molecule has 1 aliphatic heterocycles. The first kappa shape index (κ1) is 53.2. The van der Waals surface area contributed by atoms with Gasteiger partial charge in [0.15, 0.2) is 6.29 Å². The van der Waals surface area contributed by atoms with Crippen LogP contribution in [-0.2, 0) is 14.3 Å². The number of carbonyl (C=O) groups excluding carboxylic acids is 1. The summed E-state index contributed by atoms with van der Waals surface area (Å²) >= 11 is 0. The van der Waals surface area contributed by atoms with Crippen LogP contribution in [0.15, 0.2) is 48.6 Å². The summed E-state index contributed by atoms with van der Waals surface area (Å²) in [6.45, 7) is 3.68. The van der Waals surface area contributed by atoms with E-state index in [4.69, 9.17) is 9.47 Å². The zero-order valence-electron chi connectivity index (χ0n) is 36.3. The van der Waals surface area contributed by atoms with E-state index in [0.29, 0.717) is 6.42 Å². The maximum Gasteiger partial charge on any atom is 0.220 e. The van der Waals surface area contributed by atoms with Crippen LogP contribution in [0.25, 0.3) is 0 Å². The molecule has 6 N–H and O–H groups in total. The van der Waals surface area contributed by atoms with Crippen molar-refractivity contribution in [3.05, 3.63) is 48.6 Å². The zero-order chi connectivity index (χ0) is 41.6. The first-order valence-electron chi connectivity index (χ1n) is 23.4. The number of hydrogen-bond acceptors (Lipinski definition) is 8. The number of amides is 1. The van der Waals surface area contributed by atoms with E-state index >= 15 is 0 Å². The predicted molar refractivity (Wildman–Crippen MR) is 235 cm³/mol. The van der Waals surface area contributed by atoms with E-state index in [2.05, 4.69) is 55.6 Å². The van der Waals surface area contributed by atoms with Crippen LogP contribution < -0.4 is 5.32 Å². The highest BCUT2D eigenvalue weighted by molar-refractivity contribution is 5.76. The van der Waals surface area contributed by atoms with E-state index < -0.39 is 49.5 Å². The number of rotatable bonds is 38. The highest BCUT2D eigenvalue weighted by Gasteiger charge is 2.44. The fourth-order valence-corrected chi connectivity index (χ4v) is 7.08. The standard InChI is InChI=1S/C48H87NO8/c1-3-5-7-9-11-13-14-15-16-17-18-19-20-21-22-23-24-25-26-27-28-30-32-34-36-38-44(52)49-41(42(51)37-35-33-31-29-12-10-8-6-4-2)40-56-48-47(55)46(54)45(53)43(39-50)57-48/h12,14-15,17-18,29,35,37,41-43,45-48,50-51,53-55H,3-11,13,16,19-28,30-34,36,38-40H2,1-2H3,(H,49,52)/b15-14-,18-17-,29-12+,37-35+. The molecule has 1 amide bonds. The summed E-state index contributed by atoms with van der Waals surface area (Å²) in [4.78, 5) is 12.9. The Labute approximate surface area is 348 Å². The van der Waals surface area contributed by atoms with Gasteiger partial charge in [-0.3, -0.25) is 4.79 Å². The van der Waals surface area contributed by atoms with E-state index in [1.165, 1.54) is 128 Å². The minimum atomic E-state index is -1.57. The highest BCUT2D eigenvalue weighted by atomic mass is 16.7. The Morgan fingerprint density at radius 3 is 1.61 bits per heavy atom. The largest absolute Gasteiger partial charge is 0.394 e. The van der Waals surface area contributed by atoms with Gasteiger partial charge >= 0.3 is 0 Å². The molecule has 0 aromatic carbocycles. The molecule has 1 heterocycles. The molecule has 0 saturated carbocycles. The van der Waals surface area contributed by atoms with Crippen molar-refractivity contribution in [3.8, 4) is 0 Å². The van der Waals surface area contributed by atoms with Crippen LogP contribution in [0.1, 0.15) is 194 Å². The van der Waals surface area contributed by atoms with Gasteiger partial charge in [-0.2, -0.15) is 0 Å². The predicted octanol–water partition coefficient (Wildman–Crippen LogP) is 9.84. The molecule has 7 atom stereocenters. The van der Waals surface area contributed by atoms with Crippen molar-refractivity contribution in [3.63, 3.8) is 0 Å². The normalized spacial score (nSPS) is 21.4. The topological polar surface area (TPSA) is 149 Å². The van der Waals surface area contributed by atoms with Crippen molar-refractivity contribution < 1.29 is 39.8 Å². The number of hydrogen-bond donors (Lipinski definition) is 6. The summed E-state index contributed by atoms with van der Waals surface area (Å²) in [5, 5.41) is 54.0. The Balaban J connectivity index is 2.22. The average Bonchev–Trinajstić information content (AvgIpc) is 3.21. The van der Waals surface area contributed by atoms with Crippen LogP contribution in [0.2, 0.25) is 0 Å². The van der Waals surface area contributed by atoms with Crippen LogP contribution in [0.4, 0.5) is 0 Å². The Morgan fingerprint density at radius 1 is 0.596 bits per heavy atom. The Kier molecular flexibility index (Phi) is 35.8. The average molecular weight is 806 g/mol. The van der Waals surface area contributed by atoms with Crippen LogP contribution in [0.3, 0.4) is 0 Å². The van der Waals surface area contributed by atoms with E-state index in [1.807, 2.05) is 6.08 Å². The van der Waals surface area contributed by atoms with Gasteiger partial charge in [0.2, 0.25) is 5.91 Å². The SMILES string of the molecule is CCCCC/C=C/CC/C=C/C(O)C(COC1OC(CO)C(O)C(O)C1O)NC(=O)CCCCCCCCCCCCCCC/C=C\C/C=C\CCCCCCC. The van der Waals surface area contributed by atoms with Gasteiger partial charge < -0.3 is 40.3 Å². The van der Waals surface area contributed by atoms with Crippen molar-refractivity contribution in [1.82, 2.24) is 5.32 Å². The van der Waals surface area contributed by atoms with Gasteiger partial charge in [0, 0.05) is 6.42 Å². The summed E-state index contributed by atoms with van der Waals surface area (Å²) in [5.74, 6) is -0.192. The van der Waals surface area contributed by atoms with Crippen molar-refractivity contribution in [2.45, 2.75) is 236 Å². The van der Waals surface area contributed by atoms with Crippen LogP contribution >= 0.6 is 0 Å².